The van der Waals surface area contributed by atoms with Crippen molar-refractivity contribution in [2.45, 2.75) is 25.7 Å². The Hall–Kier alpha value is -2.44. The number of hydrogen-bond donors (Lipinski definition) is 1. The summed E-state index contributed by atoms with van der Waals surface area (Å²) in [6, 6.07) is 1.72. The van der Waals surface area contributed by atoms with Crippen LogP contribution in [0, 0.1) is 6.92 Å². The van der Waals surface area contributed by atoms with E-state index in [1.54, 1.807) is 38.0 Å². The van der Waals surface area contributed by atoms with E-state index in [1.165, 1.54) is 4.90 Å². The molecule has 0 spiro atoms. The summed E-state index contributed by atoms with van der Waals surface area (Å²) < 4.78 is 1.60. The predicted octanol–water partition coefficient (Wildman–Crippen LogP) is 0.966. The van der Waals surface area contributed by atoms with Crippen LogP contribution in [0.25, 0.3) is 0 Å². The number of carbonyl (C=O) groups is 1. The molecule has 0 unspecified atom stereocenters. The Morgan fingerprint density at radius 2 is 2.19 bits per heavy atom. The molecule has 0 bridgehead atoms. The molecule has 3 rings (SSSR count). The van der Waals surface area contributed by atoms with E-state index in [0.717, 1.165) is 12.8 Å². The molecule has 2 aromatic heterocycles. The van der Waals surface area contributed by atoms with Gasteiger partial charge in [-0.05, 0) is 19.8 Å². The van der Waals surface area contributed by atoms with Crippen molar-refractivity contribution in [2.75, 3.05) is 11.9 Å². The molecule has 1 amide bonds. The van der Waals surface area contributed by atoms with Gasteiger partial charge in [0.15, 0.2) is 5.82 Å². The van der Waals surface area contributed by atoms with Gasteiger partial charge in [0, 0.05) is 32.3 Å². The summed E-state index contributed by atoms with van der Waals surface area (Å²) in [6.07, 6.45) is 3.83. The van der Waals surface area contributed by atoms with E-state index in [-0.39, 0.29) is 11.1 Å². The average molecular weight is 287 g/mol. The third-order valence-corrected chi connectivity index (χ3v) is 3.64. The molecule has 1 N–H and O–H groups in total. The summed E-state index contributed by atoms with van der Waals surface area (Å²) in [6.45, 7) is 1.70. The number of nitrogens with one attached hydrogen (secondary N) is 1. The van der Waals surface area contributed by atoms with Gasteiger partial charge in [0.2, 0.25) is 0 Å². The molecule has 1 saturated carbocycles. The van der Waals surface area contributed by atoms with Gasteiger partial charge in [0.05, 0.1) is 5.69 Å². The van der Waals surface area contributed by atoms with Crippen molar-refractivity contribution in [2.24, 2.45) is 7.05 Å². The molecular weight excluding hydrogens is 270 g/mol. The maximum absolute atomic E-state index is 12.5. The standard InChI is InChI=1S/C14H17N5O2/c1-8-11(13(20)16-12(15-8)9-4-5-9)14(21)19(3)10-6-7-18(2)17-10/h6-7,9H,4-5H2,1-3H3,(H,15,16,20). The number of rotatable bonds is 3. The number of aromatic nitrogens is 4. The third kappa shape index (κ3) is 2.46. The summed E-state index contributed by atoms with van der Waals surface area (Å²) >= 11 is 0. The molecule has 7 heteroatoms. The molecule has 0 aliphatic heterocycles. The van der Waals surface area contributed by atoms with Gasteiger partial charge in [-0.3, -0.25) is 19.2 Å². The Morgan fingerprint density at radius 1 is 1.48 bits per heavy atom. The zero-order valence-electron chi connectivity index (χ0n) is 12.3. The van der Waals surface area contributed by atoms with E-state index in [4.69, 9.17) is 0 Å². The number of aromatic amines is 1. The van der Waals surface area contributed by atoms with E-state index in [1.807, 2.05) is 0 Å². The van der Waals surface area contributed by atoms with E-state index < -0.39 is 5.91 Å². The van der Waals surface area contributed by atoms with Crippen LogP contribution in [0.5, 0.6) is 0 Å². The van der Waals surface area contributed by atoms with Gasteiger partial charge in [-0.15, -0.1) is 0 Å². The Labute approximate surface area is 121 Å². The number of hydrogen-bond acceptors (Lipinski definition) is 4. The fourth-order valence-corrected chi connectivity index (χ4v) is 2.26. The minimum Gasteiger partial charge on any atom is -0.310 e. The van der Waals surface area contributed by atoms with Crippen LogP contribution in [-0.2, 0) is 7.05 Å². The number of nitrogens with zero attached hydrogens (tertiary/aromatic N) is 4. The lowest BCUT2D eigenvalue weighted by Crippen LogP contribution is -2.34. The highest BCUT2D eigenvalue weighted by molar-refractivity contribution is 6.05. The van der Waals surface area contributed by atoms with Crippen molar-refractivity contribution in [1.29, 1.82) is 0 Å². The highest BCUT2D eigenvalue weighted by Crippen LogP contribution is 2.37. The van der Waals surface area contributed by atoms with E-state index in [2.05, 4.69) is 15.1 Å². The fraction of sp³-hybridized carbons (Fsp3) is 0.429. The Balaban J connectivity index is 1.96. The molecule has 2 aromatic rings. The summed E-state index contributed by atoms with van der Waals surface area (Å²) in [5.74, 6) is 1.12. The molecule has 0 atom stereocenters. The molecule has 0 saturated heterocycles. The van der Waals surface area contributed by atoms with Crippen LogP contribution < -0.4 is 10.5 Å². The lowest BCUT2D eigenvalue weighted by atomic mass is 10.2. The van der Waals surface area contributed by atoms with Gasteiger partial charge in [-0.2, -0.15) is 5.10 Å². The Morgan fingerprint density at radius 3 is 2.71 bits per heavy atom. The van der Waals surface area contributed by atoms with Crippen molar-refractivity contribution >= 4 is 11.7 Å². The summed E-state index contributed by atoms with van der Waals surface area (Å²) in [5, 5.41) is 4.16. The first-order valence-corrected chi connectivity index (χ1v) is 6.86. The SMILES string of the molecule is Cc1nc(C2CC2)[nH]c(=O)c1C(=O)N(C)c1ccn(C)n1. The van der Waals surface area contributed by atoms with E-state index in [9.17, 15) is 9.59 Å². The Bertz CT molecular complexity index is 757. The van der Waals surface area contributed by atoms with E-state index >= 15 is 0 Å². The number of H-pyrrole nitrogens is 1. The van der Waals surface area contributed by atoms with Gasteiger partial charge in [-0.1, -0.05) is 0 Å². The van der Waals surface area contributed by atoms with Crippen molar-refractivity contribution in [3.63, 3.8) is 0 Å². The molecule has 110 valence electrons. The van der Waals surface area contributed by atoms with Crippen molar-refractivity contribution in [1.82, 2.24) is 19.7 Å². The quantitative estimate of drug-likeness (QED) is 0.911. The maximum Gasteiger partial charge on any atom is 0.266 e. The predicted molar refractivity (Wildman–Crippen MR) is 77.5 cm³/mol. The topological polar surface area (TPSA) is 83.9 Å². The van der Waals surface area contributed by atoms with Gasteiger partial charge in [-0.25, -0.2) is 4.98 Å². The summed E-state index contributed by atoms with van der Waals surface area (Å²) in [4.78, 5) is 33.2. The van der Waals surface area contributed by atoms with Crippen LogP contribution in [0.3, 0.4) is 0 Å². The molecular formula is C14H17N5O2. The van der Waals surface area contributed by atoms with Crippen LogP contribution >= 0.6 is 0 Å². The summed E-state index contributed by atoms with van der Waals surface area (Å²) in [5.41, 5.74) is 0.165. The fourth-order valence-electron chi connectivity index (χ4n) is 2.26. The molecule has 21 heavy (non-hydrogen) atoms. The molecule has 0 radical (unpaired) electrons. The minimum atomic E-state index is -0.401. The molecule has 1 aliphatic rings. The lowest BCUT2D eigenvalue weighted by molar-refractivity contribution is 0.0989. The summed E-state index contributed by atoms with van der Waals surface area (Å²) in [7, 11) is 3.37. The van der Waals surface area contributed by atoms with Crippen LogP contribution in [0.15, 0.2) is 17.1 Å². The molecule has 1 aliphatic carbocycles. The smallest absolute Gasteiger partial charge is 0.266 e. The minimum absolute atomic E-state index is 0.0764. The largest absolute Gasteiger partial charge is 0.310 e. The second kappa shape index (κ2) is 4.83. The van der Waals surface area contributed by atoms with Crippen LogP contribution in [-0.4, -0.2) is 32.7 Å². The van der Waals surface area contributed by atoms with Gasteiger partial charge in [0.25, 0.3) is 11.5 Å². The highest BCUT2D eigenvalue weighted by atomic mass is 16.2. The van der Waals surface area contributed by atoms with Gasteiger partial charge >= 0.3 is 0 Å². The first kappa shape index (κ1) is 13.5. The van der Waals surface area contributed by atoms with Crippen molar-refractivity contribution in [3.8, 4) is 0 Å². The number of carbonyl (C=O) groups excluding carboxylic acids is 1. The van der Waals surface area contributed by atoms with E-state index in [0.29, 0.717) is 23.3 Å². The van der Waals surface area contributed by atoms with Crippen molar-refractivity contribution < 1.29 is 4.79 Å². The monoisotopic (exact) mass is 287 g/mol. The first-order chi connectivity index (χ1) is 9.97. The average Bonchev–Trinajstić information content (AvgIpc) is 3.19. The molecule has 2 heterocycles. The number of amides is 1. The normalized spacial score (nSPS) is 14.2. The van der Waals surface area contributed by atoms with Crippen LogP contribution in [0.1, 0.15) is 40.6 Å². The number of anilines is 1. The third-order valence-electron chi connectivity index (χ3n) is 3.64. The van der Waals surface area contributed by atoms with Gasteiger partial charge < -0.3 is 4.98 Å². The lowest BCUT2D eigenvalue weighted by Gasteiger charge is -2.15. The second-order valence-corrected chi connectivity index (χ2v) is 5.40. The molecule has 0 aromatic carbocycles. The van der Waals surface area contributed by atoms with Crippen molar-refractivity contribution in [3.05, 3.63) is 39.7 Å². The molecule has 7 nitrogen and oxygen atoms in total. The van der Waals surface area contributed by atoms with Crippen LogP contribution in [0.4, 0.5) is 5.82 Å². The zero-order valence-corrected chi connectivity index (χ0v) is 12.3. The first-order valence-electron chi connectivity index (χ1n) is 6.86. The highest BCUT2D eigenvalue weighted by Gasteiger charge is 2.29. The Kier molecular flexibility index (Phi) is 3.12. The van der Waals surface area contributed by atoms with Crippen LogP contribution in [0.2, 0.25) is 0 Å². The maximum atomic E-state index is 12.5. The van der Waals surface area contributed by atoms with Gasteiger partial charge in [0.1, 0.15) is 11.4 Å². The second-order valence-electron chi connectivity index (χ2n) is 5.40. The number of aryl methyl sites for hydroxylation is 2. The zero-order chi connectivity index (χ0) is 15.1. The molecule has 1 fully saturated rings.